The zero-order chi connectivity index (χ0) is 18.0. The van der Waals surface area contributed by atoms with Crippen LogP contribution in [0.4, 0.5) is 0 Å². The van der Waals surface area contributed by atoms with Gasteiger partial charge in [-0.3, -0.25) is 4.79 Å². The lowest BCUT2D eigenvalue weighted by Crippen LogP contribution is -1.96. The largest absolute Gasteiger partial charge is 0.481 e. The molecule has 0 fully saturated rings. The topological polar surface area (TPSA) is 37.3 Å². The van der Waals surface area contributed by atoms with Crippen LogP contribution >= 0.6 is 0 Å². The van der Waals surface area contributed by atoms with Crippen LogP contribution in [0, 0.1) is 11.8 Å². The van der Waals surface area contributed by atoms with Crippen molar-refractivity contribution in [3.8, 4) is 0 Å². The molecule has 144 valence electrons. The Morgan fingerprint density at radius 3 is 1.46 bits per heavy atom. The minimum Gasteiger partial charge on any atom is -0.481 e. The molecule has 0 aromatic rings. The molecule has 1 N–H and O–H groups in total. The first kappa shape index (κ1) is 23.5. The second-order valence-corrected chi connectivity index (χ2v) is 8.25. The number of hydrogen-bond acceptors (Lipinski definition) is 1. The summed E-state index contributed by atoms with van der Waals surface area (Å²) in [5.74, 6) is 1.13. The molecule has 0 radical (unpaired) electrons. The maximum atomic E-state index is 10.4. The molecule has 0 amide bonds. The van der Waals surface area contributed by atoms with Crippen LogP contribution < -0.4 is 0 Å². The van der Waals surface area contributed by atoms with Crippen LogP contribution in [0.3, 0.4) is 0 Å². The summed E-state index contributed by atoms with van der Waals surface area (Å²) in [6.07, 6.45) is 20.2. The van der Waals surface area contributed by atoms with Crippen LogP contribution in [0.15, 0.2) is 0 Å². The summed E-state index contributed by atoms with van der Waals surface area (Å²) < 4.78 is 0. The van der Waals surface area contributed by atoms with E-state index in [0.29, 0.717) is 6.42 Å². The number of aliphatic carboxylic acids is 1. The molecule has 0 aromatic carbocycles. The predicted octanol–water partition coefficient (Wildman–Crippen LogP) is 7.60. The Bertz CT molecular complexity index is 273. The highest BCUT2D eigenvalue weighted by Crippen LogP contribution is 2.19. The van der Waals surface area contributed by atoms with Crippen LogP contribution in [-0.2, 0) is 4.79 Å². The van der Waals surface area contributed by atoms with Crippen LogP contribution in [0.25, 0.3) is 0 Å². The van der Waals surface area contributed by atoms with E-state index in [1.165, 1.54) is 83.5 Å². The SMILES string of the molecule is CC(C)CCCCC(C)CCCCCCCCCCCCC(=O)O. The second kappa shape index (κ2) is 17.3. The van der Waals surface area contributed by atoms with Crippen LogP contribution in [-0.4, -0.2) is 11.1 Å². The van der Waals surface area contributed by atoms with E-state index in [9.17, 15) is 4.79 Å². The zero-order valence-corrected chi connectivity index (χ0v) is 16.8. The highest BCUT2D eigenvalue weighted by molar-refractivity contribution is 5.66. The highest BCUT2D eigenvalue weighted by Gasteiger charge is 2.03. The van der Waals surface area contributed by atoms with Crippen molar-refractivity contribution in [1.82, 2.24) is 0 Å². The smallest absolute Gasteiger partial charge is 0.303 e. The molecule has 0 saturated heterocycles. The molecule has 0 bridgehead atoms. The third-order valence-electron chi connectivity index (χ3n) is 5.07. The number of rotatable bonds is 18. The first-order chi connectivity index (χ1) is 11.5. The minimum atomic E-state index is -0.653. The first-order valence-corrected chi connectivity index (χ1v) is 10.7. The van der Waals surface area contributed by atoms with Gasteiger partial charge in [0.25, 0.3) is 0 Å². The van der Waals surface area contributed by atoms with Gasteiger partial charge in [-0.1, -0.05) is 111 Å². The molecule has 2 nitrogen and oxygen atoms in total. The molecule has 0 aromatic heterocycles. The standard InChI is InChI=1S/C22H44O2/c1-20(2)16-14-15-18-21(3)17-12-10-8-6-4-5-7-9-11-13-19-22(23)24/h20-21H,4-19H2,1-3H3,(H,23,24). The lowest BCUT2D eigenvalue weighted by molar-refractivity contribution is -0.137. The molecular weight excluding hydrogens is 296 g/mol. The van der Waals surface area contributed by atoms with E-state index in [2.05, 4.69) is 20.8 Å². The third kappa shape index (κ3) is 19.5. The van der Waals surface area contributed by atoms with Gasteiger partial charge in [0.2, 0.25) is 0 Å². The normalized spacial score (nSPS) is 12.7. The number of hydrogen-bond donors (Lipinski definition) is 1. The Morgan fingerprint density at radius 1 is 0.625 bits per heavy atom. The summed E-state index contributed by atoms with van der Waals surface area (Å²) >= 11 is 0. The fraction of sp³-hybridized carbons (Fsp3) is 0.955. The number of carboxylic acid groups (broad SMARTS) is 1. The van der Waals surface area contributed by atoms with Crippen molar-refractivity contribution in [2.24, 2.45) is 11.8 Å². The van der Waals surface area contributed by atoms with Gasteiger partial charge in [-0.2, -0.15) is 0 Å². The molecule has 1 atom stereocenters. The van der Waals surface area contributed by atoms with Gasteiger partial charge in [0, 0.05) is 6.42 Å². The van der Waals surface area contributed by atoms with Crippen LogP contribution in [0.2, 0.25) is 0 Å². The highest BCUT2D eigenvalue weighted by atomic mass is 16.4. The molecular formula is C22H44O2. The molecule has 0 spiro atoms. The minimum absolute atomic E-state index is 0.343. The summed E-state index contributed by atoms with van der Waals surface area (Å²) in [4.78, 5) is 10.4. The number of carboxylic acids is 1. The van der Waals surface area contributed by atoms with Crippen molar-refractivity contribution in [3.05, 3.63) is 0 Å². The molecule has 2 heteroatoms. The second-order valence-electron chi connectivity index (χ2n) is 8.25. The van der Waals surface area contributed by atoms with Crippen molar-refractivity contribution in [2.75, 3.05) is 0 Å². The lowest BCUT2D eigenvalue weighted by Gasteiger charge is -2.11. The summed E-state index contributed by atoms with van der Waals surface area (Å²) in [6, 6.07) is 0. The van der Waals surface area contributed by atoms with E-state index in [1.807, 2.05) is 0 Å². The first-order valence-electron chi connectivity index (χ1n) is 10.7. The number of carbonyl (C=O) groups is 1. The molecule has 24 heavy (non-hydrogen) atoms. The van der Waals surface area contributed by atoms with E-state index >= 15 is 0 Å². The van der Waals surface area contributed by atoms with Crippen molar-refractivity contribution in [3.63, 3.8) is 0 Å². The summed E-state index contributed by atoms with van der Waals surface area (Å²) in [5, 5.41) is 8.56. The molecule has 0 aliphatic heterocycles. The average Bonchev–Trinajstić information content (AvgIpc) is 2.52. The maximum Gasteiger partial charge on any atom is 0.303 e. The van der Waals surface area contributed by atoms with Gasteiger partial charge < -0.3 is 5.11 Å². The molecule has 0 rings (SSSR count). The summed E-state index contributed by atoms with van der Waals surface area (Å²) in [7, 11) is 0. The lowest BCUT2D eigenvalue weighted by atomic mass is 9.95. The Hall–Kier alpha value is -0.530. The van der Waals surface area contributed by atoms with Gasteiger partial charge in [-0.25, -0.2) is 0 Å². The Labute approximate surface area is 151 Å². The Balaban J connectivity index is 3.15. The average molecular weight is 341 g/mol. The molecule has 0 aliphatic carbocycles. The van der Waals surface area contributed by atoms with Gasteiger partial charge in [0.15, 0.2) is 0 Å². The summed E-state index contributed by atoms with van der Waals surface area (Å²) in [6.45, 7) is 7.07. The molecule has 0 saturated carbocycles. The van der Waals surface area contributed by atoms with Gasteiger partial charge in [-0.05, 0) is 18.3 Å². The van der Waals surface area contributed by atoms with Gasteiger partial charge in [0.05, 0.1) is 0 Å². The van der Waals surface area contributed by atoms with E-state index in [1.54, 1.807) is 0 Å². The third-order valence-corrected chi connectivity index (χ3v) is 5.07. The molecule has 0 heterocycles. The Morgan fingerprint density at radius 2 is 1.00 bits per heavy atom. The van der Waals surface area contributed by atoms with E-state index in [-0.39, 0.29) is 0 Å². The zero-order valence-electron chi connectivity index (χ0n) is 16.8. The van der Waals surface area contributed by atoms with E-state index in [4.69, 9.17) is 5.11 Å². The van der Waals surface area contributed by atoms with Crippen molar-refractivity contribution >= 4 is 5.97 Å². The molecule has 1 unspecified atom stereocenters. The van der Waals surface area contributed by atoms with E-state index in [0.717, 1.165) is 24.7 Å². The predicted molar refractivity (Wildman–Crippen MR) is 106 cm³/mol. The fourth-order valence-corrected chi connectivity index (χ4v) is 3.37. The van der Waals surface area contributed by atoms with Crippen molar-refractivity contribution < 1.29 is 9.90 Å². The van der Waals surface area contributed by atoms with Gasteiger partial charge >= 0.3 is 5.97 Å². The fourth-order valence-electron chi connectivity index (χ4n) is 3.37. The quantitative estimate of drug-likeness (QED) is 0.261. The van der Waals surface area contributed by atoms with E-state index < -0.39 is 5.97 Å². The van der Waals surface area contributed by atoms with Crippen molar-refractivity contribution in [1.29, 1.82) is 0 Å². The van der Waals surface area contributed by atoms with Gasteiger partial charge in [0.1, 0.15) is 0 Å². The van der Waals surface area contributed by atoms with Crippen LogP contribution in [0.1, 0.15) is 124 Å². The monoisotopic (exact) mass is 340 g/mol. The van der Waals surface area contributed by atoms with Gasteiger partial charge in [-0.15, -0.1) is 0 Å². The summed E-state index contributed by atoms with van der Waals surface area (Å²) in [5.41, 5.74) is 0. The van der Waals surface area contributed by atoms with Crippen LogP contribution in [0.5, 0.6) is 0 Å². The Kier molecular flexibility index (Phi) is 16.9. The number of unbranched alkanes of at least 4 members (excludes halogenated alkanes) is 10. The maximum absolute atomic E-state index is 10.4. The van der Waals surface area contributed by atoms with Crippen molar-refractivity contribution in [2.45, 2.75) is 124 Å². The molecule has 0 aliphatic rings.